The van der Waals surface area contributed by atoms with Gasteiger partial charge >= 0.3 is 0 Å². The molecular formula is C13H23NO2S. The van der Waals surface area contributed by atoms with Gasteiger partial charge < -0.3 is 10.2 Å². The molecule has 17 heavy (non-hydrogen) atoms. The highest BCUT2D eigenvalue weighted by atomic mass is 32.2. The van der Waals surface area contributed by atoms with Crippen molar-refractivity contribution in [1.29, 1.82) is 0 Å². The normalized spacial score (nSPS) is 12.9. The molecule has 0 aliphatic rings. The molecular weight excluding hydrogens is 234 g/mol. The second-order valence-electron chi connectivity index (χ2n) is 4.39. The van der Waals surface area contributed by atoms with Gasteiger partial charge in [-0.15, -0.1) is 11.8 Å². The lowest BCUT2D eigenvalue weighted by Gasteiger charge is -2.13. The molecule has 1 heterocycles. The Morgan fingerprint density at radius 1 is 1.29 bits per heavy atom. The second-order valence-corrected chi connectivity index (χ2v) is 5.74. The van der Waals surface area contributed by atoms with Crippen molar-refractivity contribution in [2.24, 2.45) is 7.05 Å². The van der Waals surface area contributed by atoms with Gasteiger partial charge in [-0.05, 0) is 12.8 Å². The third-order valence-corrected chi connectivity index (χ3v) is 4.48. The largest absolute Gasteiger partial charge is 0.494 e. The molecule has 0 bridgehead atoms. The fraction of sp³-hybridized carbons (Fsp3) is 0.692. The maximum absolute atomic E-state index is 9.82. The highest BCUT2D eigenvalue weighted by Crippen LogP contribution is 2.38. The molecule has 1 atom stereocenters. The molecule has 0 saturated heterocycles. The van der Waals surface area contributed by atoms with Crippen LogP contribution in [-0.2, 0) is 7.05 Å². The molecule has 2 N–H and O–H groups in total. The van der Waals surface area contributed by atoms with E-state index in [2.05, 4.69) is 13.8 Å². The van der Waals surface area contributed by atoms with Gasteiger partial charge in [-0.1, -0.05) is 33.1 Å². The summed E-state index contributed by atoms with van der Waals surface area (Å²) in [6, 6.07) is 1.64. The molecule has 1 unspecified atom stereocenters. The Hall–Kier alpha value is -0.770. The van der Waals surface area contributed by atoms with Crippen LogP contribution >= 0.6 is 11.8 Å². The summed E-state index contributed by atoms with van der Waals surface area (Å²) in [6.45, 7) is 4.37. The highest BCUT2D eigenvalue weighted by Gasteiger charge is 2.15. The molecule has 0 spiro atoms. The smallest absolute Gasteiger partial charge is 0.207 e. The van der Waals surface area contributed by atoms with Crippen LogP contribution in [-0.4, -0.2) is 20.0 Å². The molecule has 1 aromatic heterocycles. The van der Waals surface area contributed by atoms with Gasteiger partial charge in [0.25, 0.3) is 0 Å². The van der Waals surface area contributed by atoms with E-state index in [4.69, 9.17) is 0 Å². The van der Waals surface area contributed by atoms with E-state index in [9.17, 15) is 10.2 Å². The number of thioether (sulfide) groups is 1. The van der Waals surface area contributed by atoms with Crippen LogP contribution in [0, 0.1) is 0 Å². The molecule has 4 heteroatoms. The predicted molar refractivity (Wildman–Crippen MR) is 72.8 cm³/mol. The number of aromatic nitrogens is 1. The monoisotopic (exact) mass is 257 g/mol. The Bertz CT molecular complexity index is 349. The van der Waals surface area contributed by atoms with Crippen LogP contribution in [0.2, 0.25) is 0 Å². The lowest BCUT2D eigenvalue weighted by atomic mass is 10.1. The van der Waals surface area contributed by atoms with Crippen molar-refractivity contribution in [2.75, 3.05) is 0 Å². The summed E-state index contributed by atoms with van der Waals surface area (Å²) in [5, 5.41) is 19.8. The zero-order chi connectivity index (χ0) is 12.8. The van der Waals surface area contributed by atoms with E-state index in [0.29, 0.717) is 5.25 Å². The van der Waals surface area contributed by atoms with E-state index in [1.165, 1.54) is 30.3 Å². The van der Waals surface area contributed by atoms with Crippen molar-refractivity contribution < 1.29 is 10.2 Å². The molecule has 0 fully saturated rings. The van der Waals surface area contributed by atoms with Crippen molar-refractivity contribution >= 4 is 11.8 Å². The van der Waals surface area contributed by atoms with E-state index in [1.54, 1.807) is 24.9 Å². The average Bonchev–Trinajstić information content (AvgIpc) is 2.56. The maximum Gasteiger partial charge on any atom is 0.207 e. The molecule has 0 amide bonds. The van der Waals surface area contributed by atoms with Crippen LogP contribution in [0.1, 0.15) is 46.0 Å². The fourth-order valence-electron chi connectivity index (χ4n) is 1.79. The summed E-state index contributed by atoms with van der Waals surface area (Å²) in [5.41, 5.74) is 0. The summed E-state index contributed by atoms with van der Waals surface area (Å²) in [7, 11) is 1.66. The average molecular weight is 257 g/mol. The van der Waals surface area contributed by atoms with Crippen molar-refractivity contribution in [3.05, 3.63) is 6.07 Å². The summed E-state index contributed by atoms with van der Waals surface area (Å²) < 4.78 is 1.40. The third kappa shape index (κ3) is 3.87. The number of hydrogen-bond donors (Lipinski definition) is 2. The SMILES string of the molecule is CCCCCC(CC)Sc1cc(O)n(C)c1O. The maximum atomic E-state index is 9.82. The van der Waals surface area contributed by atoms with Gasteiger partial charge in [0.15, 0.2) is 5.88 Å². The minimum Gasteiger partial charge on any atom is -0.494 e. The number of nitrogens with zero attached hydrogens (tertiary/aromatic N) is 1. The van der Waals surface area contributed by atoms with Gasteiger partial charge in [0.1, 0.15) is 0 Å². The van der Waals surface area contributed by atoms with Crippen LogP contribution in [0.3, 0.4) is 0 Å². The van der Waals surface area contributed by atoms with E-state index >= 15 is 0 Å². The number of hydrogen-bond acceptors (Lipinski definition) is 3. The minimum absolute atomic E-state index is 0.119. The second kappa shape index (κ2) is 6.84. The van der Waals surface area contributed by atoms with Crippen LogP contribution in [0.15, 0.2) is 11.0 Å². The van der Waals surface area contributed by atoms with Gasteiger partial charge in [0.2, 0.25) is 5.88 Å². The predicted octanol–water partition coefficient (Wildman–Crippen LogP) is 3.89. The van der Waals surface area contributed by atoms with Crippen molar-refractivity contribution in [1.82, 2.24) is 4.57 Å². The molecule has 0 aromatic carbocycles. The fourth-order valence-corrected chi connectivity index (χ4v) is 3.01. The summed E-state index contributed by atoms with van der Waals surface area (Å²) in [6.07, 6.45) is 6.00. The Labute approximate surface area is 108 Å². The van der Waals surface area contributed by atoms with Crippen LogP contribution < -0.4 is 0 Å². The van der Waals surface area contributed by atoms with Gasteiger partial charge in [-0.25, -0.2) is 0 Å². The lowest BCUT2D eigenvalue weighted by Crippen LogP contribution is -2.00. The Morgan fingerprint density at radius 2 is 2.00 bits per heavy atom. The van der Waals surface area contributed by atoms with E-state index in [0.717, 1.165) is 11.3 Å². The van der Waals surface area contributed by atoms with Gasteiger partial charge in [-0.2, -0.15) is 0 Å². The Balaban J connectivity index is 2.57. The quantitative estimate of drug-likeness (QED) is 0.575. The van der Waals surface area contributed by atoms with Gasteiger partial charge in [0, 0.05) is 18.4 Å². The summed E-state index contributed by atoms with van der Waals surface area (Å²) >= 11 is 1.67. The molecule has 1 aromatic rings. The molecule has 0 aliphatic carbocycles. The molecule has 0 radical (unpaired) electrons. The topological polar surface area (TPSA) is 45.4 Å². The van der Waals surface area contributed by atoms with E-state index < -0.39 is 0 Å². The first-order valence-electron chi connectivity index (χ1n) is 6.34. The first kappa shape index (κ1) is 14.3. The molecule has 0 saturated carbocycles. The highest BCUT2D eigenvalue weighted by molar-refractivity contribution is 8.00. The zero-order valence-electron chi connectivity index (χ0n) is 10.9. The van der Waals surface area contributed by atoms with E-state index in [1.807, 2.05) is 0 Å². The lowest BCUT2D eigenvalue weighted by molar-refractivity contribution is 0.382. The Kier molecular flexibility index (Phi) is 5.75. The molecule has 1 rings (SSSR count). The molecule has 0 aliphatic heterocycles. The first-order valence-corrected chi connectivity index (χ1v) is 7.22. The van der Waals surface area contributed by atoms with Crippen molar-refractivity contribution in [2.45, 2.75) is 56.1 Å². The standard InChI is InChI=1S/C13H23NO2S/c1-4-6-7-8-10(5-2)17-11-9-12(15)14(3)13(11)16/h9-10,15-16H,4-8H2,1-3H3. The molecule has 98 valence electrons. The zero-order valence-corrected chi connectivity index (χ0v) is 11.8. The number of aromatic hydroxyl groups is 2. The Morgan fingerprint density at radius 3 is 2.47 bits per heavy atom. The summed E-state index contributed by atoms with van der Waals surface area (Å²) in [4.78, 5) is 0.786. The van der Waals surface area contributed by atoms with Crippen molar-refractivity contribution in [3.63, 3.8) is 0 Å². The number of unbranched alkanes of at least 4 members (excludes halogenated alkanes) is 2. The van der Waals surface area contributed by atoms with Crippen LogP contribution in [0.5, 0.6) is 11.8 Å². The van der Waals surface area contributed by atoms with E-state index in [-0.39, 0.29) is 11.8 Å². The minimum atomic E-state index is 0.119. The van der Waals surface area contributed by atoms with Gasteiger partial charge in [0.05, 0.1) is 4.90 Å². The first-order chi connectivity index (χ1) is 8.10. The van der Waals surface area contributed by atoms with Crippen LogP contribution in [0.25, 0.3) is 0 Å². The molecule has 3 nitrogen and oxygen atoms in total. The van der Waals surface area contributed by atoms with Crippen LogP contribution in [0.4, 0.5) is 0 Å². The van der Waals surface area contributed by atoms with Crippen molar-refractivity contribution in [3.8, 4) is 11.8 Å². The van der Waals surface area contributed by atoms with Gasteiger partial charge in [-0.3, -0.25) is 4.57 Å². The summed E-state index contributed by atoms with van der Waals surface area (Å²) in [5.74, 6) is 0.287. The number of rotatable bonds is 7. The third-order valence-electron chi connectivity index (χ3n) is 3.02.